The van der Waals surface area contributed by atoms with Gasteiger partial charge in [-0.3, -0.25) is 0 Å². The minimum atomic E-state index is -0.199. The molecule has 4 heteroatoms. The van der Waals surface area contributed by atoms with Crippen molar-refractivity contribution in [3.05, 3.63) is 76.5 Å². The molecular weight excluding hydrogens is 350 g/mol. The maximum absolute atomic E-state index is 4.77. The fourth-order valence-corrected chi connectivity index (χ4v) is 6.26. The van der Waals surface area contributed by atoms with Crippen molar-refractivity contribution in [2.45, 2.75) is 43.6 Å². The van der Waals surface area contributed by atoms with Gasteiger partial charge in [0.1, 0.15) is 5.82 Å². The first-order valence-electron chi connectivity index (χ1n) is 10.2. The molecule has 0 spiro atoms. The molecule has 1 atom stereocenters. The summed E-state index contributed by atoms with van der Waals surface area (Å²) in [6.45, 7) is 2.42. The van der Waals surface area contributed by atoms with Crippen LogP contribution in [-0.2, 0) is 5.41 Å². The number of fused-ring (bicyclic) bond motifs is 3. The Morgan fingerprint density at radius 3 is 2.56 bits per heavy atom. The SMILES string of the molecule is c1ccc(C(CCN2CC3CCC2CC3)(c2ncc[nH]2)c2cccs2)cc1. The number of H-pyrrole nitrogens is 1. The molecule has 2 aromatic heterocycles. The highest BCUT2D eigenvalue weighted by molar-refractivity contribution is 7.10. The van der Waals surface area contributed by atoms with Crippen LogP contribution in [0, 0.1) is 5.92 Å². The third-order valence-electron chi connectivity index (χ3n) is 6.71. The van der Waals surface area contributed by atoms with Gasteiger partial charge in [-0.15, -0.1) is 11.3 Å². The van der Waals surface area contributed by atoms with Gasteiger partial charge in [0.15, 0.2) is 0 Å². The standard InChI is InChI=1S/C23H27N3S/c1-2-5-19(6-3-1)23(21-7-4-16-27-21,22-24-13-14-25-22)12-15-26-17-18-8-10-20(26)11-9-18/h1-7,13-14,16,18,20H,8-12,15,17H2,(H,24,25). The molecule has 3 aliphatic rings. The van der Waals surface area contributed by atoms with Crippen LogP contribution in [0.3, 0.4) is 0 Å². The second-order valence-electron chi connectivity index (χ2n) is 8.11. The molecule has 1 saturated carbocycles. The van der Waals surface area contributed by atoms with Gasteiger partial charge in [-0.2, -0.15) is 0 Å². The van der Waals surface area contributed by atoms with Crippen LogP contribution < -0.4 is 0 Å². The quantitative estimate of drug-likeness (QED) is 0.650. The highest BCUT2D eigenvalue weighted by Gasteiger charge is 2.41. The number of aromatic nitrogens is 2. The van der Waals surface area contributed by atoms with E-state index < -0.39 is 0 Å². The minimum Gasteiger partial charge on any atom is -0.348 e. The van der Waals surface area contributed by atoms with Crippen LogP contribution in [-0.4, -0.2) is 34.0 Å². The van der Waals surface area contributed by atoms with Crippen molar-refractivity contribution in [3.8, 4) is 0 Å². The summed E-state index contributed by atoms with van der Waals surface area (Å²) in [5, 5.41) is 2.19. The first-order chi connectivity index (χ1) is 13.4. The van der Waals surface area contributed by atoms with Crippen LogP contribution in [0.4, 0.5) is 0 Å². The van der Waals surface area contributed by atoms with Crippen LogP contribution >= 0.6 is 11.3 Å². The fourth-order valence-electron chi connectivity index (χ4n) is 5.28. The van der Waals surface area contributed by atoms with E-state index in [0.29, 0.717) is 0 Å². The van der Waals surface area contributed by atoms with E-state index in [0.717, 1.165) is 30.7 Å². The van der Waals surface area contributed by atoms with Gasteiger partial charge in [-0.1, -0.05) is 36.4 Å². The number of benzene rings is 1. The Balaban J connectivity index is 1.54. The van der Waals surface area contributed by atoms with E-state index >= 15 is 0 Å². The second-order valence-corrected chi connectivity index (χ2v) is 9.05. The molecule has 0 radical (unpaired) electrons. The number of aromatic amines is 1. The lowest BCUT2D eigenvalue weighted by atomic mass is 9.74. The minimum absolute atomic E-state index is 0.199. The third-order valence-corrected chi connectivity index (χ3v) is 7.74. The molecule has 2 aliphatic heterocycles. The number of piperidine rings is 2. The molecule has 27 heavy (non-hydrogen) atoms. The molecular formula is C23H27N3S. The molecule has 140 valence electrons. The number of imidazole rings is 1. The van der Waals surface area contributed by atoms with E-state index in [9.17, 15) is 0 Å². The summed E-state index contributed by atoms with van der Waals surface area (Å²) in [5.41, 5.74) is 1.14. The zero-order valence-corrected chi connectivity index (χ0v) is 16.5. The molecule has 3 fully saturated rings. The van der Waals surface area contributed by atoms with E-state index in [1.165, 1.54) is 42.7 Å². The molecule has 1 unspecified atom stereocenters. The molecule has 2 bridgehead atoms. The Morgan fingerprint density at radius 2 is 1.93 bits per heavy atom. The summed E-state index contributed by atoms with van der Waals surface area (Å²) in [5.74, 6) is 1.99. The lowest BCUT2D eigenvalue weighted by Gasteiger charge is -2.46. The van der Waals surface area contributed by atoms with Gasteiger partial charge in [-0.05, 0) is 55.0 Å². The van der Waals surface area contributed by atoms with E-state index in [4.69, 9.17) is 4.98 Å². The topological polar surface area (TPSA) is 31.9 Å². The van der Waals surface area contributed by atoms with Gasteiger partial charge in [0.2, 0.25) is 0 Å². The van der Waals surface area contributed by atoms with Crippen molar-refractivity contribution in [1.82, 2.24) is 14.9 Å². The summed E-state index contributed by atoms with van der Waals surface area (Å²) >= 11 is 1.85. The second kappa shape index (κ2) is 7.25. The van der Waals surface area contributed by atoms with Crippen LogP contribution in [0.1, 0.15) is 48.4 Å². The number of hydrogen-bond acceptors (Lipinski definition) is 3. The molecule has 1 N–H and O–H groups in total. The Labute approximate surface area is 165 Å². The molecule has 3 aromatic rings. The molecule has 4 heterocycles. The van der Waals surface area contributed by atoms with Crippen LogP contribution in [0.5, 0.6) is 0 Å². The Morgan fingerprint density at radius 1 is 1.07 bits per heavy atom. The van der Waals surface area contributed by atoms with Gasteiger partial charge >= 0.3 is 0 Å². The smallest absolute Gasteiger partial charge is 0.122 e. The number of thiophene rings is 1. The highest BCUT2D eigenvalue weighted by atomic mass is 32.1. The summed E-state index contributed by atoms with van der Waals surface area (Å²) in [4.78, 5) is 12.4. The molecule has 1 aliphatic carbocycles. The number of nitrogens with one attached hydrogen (secondary N) is 1. The predicted molar refractivity (Wildman–Crippen MR) is 111 cm³/mol. The fraction of sp³-hybridized carbons (Fsp3) is 0.435. The lowest BCUT2D eigenvalue weighted by Crippen LogP contribution is -2.49. The highest BCUT2D eigenvalue weighted by Crippen LogP contribution is 2.44. The molecule has 0 amide bonds. The van der Waals surface area contributed by atoms with Crippen molar-refractivity contribution >= 4 is 11.3 Å². The van der Waals surface area contributed by atoms with E-state index in [2.05, 4.69) is 57.7 Å². The van der Waals surface area contributed by atoms with Gasteiger partial charge < -0.3 is 9.88 Å². The van der Waals surface area contributed by atoms with E-state index in [1.54, 1.807) is 0 Å². The summed E-state index contributed by atoms with van der Waals surface area (Å²) in [6, 6.07) is 16.2. The van der Waals surface area contributed by atoms with Gasteiger partial charge in [-0.25, -0.2) is 4.98 Å². The van der Waals surface area contributed by atoms with Gasteiger partial charge in [0.05, 0.1) is 5.41 Å². The molecule has 3 nitrogen and oxygen atoms in total. The first-order valence-corrected chi connectivity index (χ1v) is 11.1. The largest absolute Gasteiger partial charge is 0.348 e. The van der Waals surface area contributed by atoms with Gasteiger partial charge in [0.25, 0.3) is 0 Å². The Hall–Kier alpha value is -1.91. The lowest BCUT2D eigenvalue weighted by molar-refractivity contribution is 0.0452. The van der Waals surface area contributed by atoms with Crippen LogP contribution in [0.25, 0.3) is 0 Å². The maximum Gasteiger partial charge on any atom is 0.122 e. The Bertz CT molecular complexity index is 799. The van der Waals surface area contributed by atoms with Crippen LogP contribution in [0.15, 0.2) is 60.2 Å². The van der Waals surface area contributed by atoms with Crippen molar-refractivity contribution in [3.63, 3.8) is 0 Å². The van der Waals surface area contributed by atoms with Crippen molar-refractivity contribution < 1.29 is 0 Å². The summed E-state index contributed by atoms with van der Waals surface area (Å²) in [7, 11) is 0. The van der Waals surface area contributed by atoms with Crippen LogP contribution in [0.2, 0.25) is 0 Å². The molecule has 1 aromatic carbocycles. The average Bonchev–Trinajstić information content (AvgIpc) is 3.46. The predicted octanol–water partition coefficient (Wildman–Crippen LogP) is 5.07. The normalized spacial score (nSPS) is 24.7. The zero-order valence-electron chi connectivity index (χ0n) is 15.7. The number of rotatable bonds is 6. The monoisotopic (exact) mass is 377 g/mol. The van der Waals surface area contributed by atoms with E-state index in [-0.39, 0.29) is 5.41 Å². The Kier molecular flexibility index (Phi) is 4.62. The van der Waals surface area contributed by atoms with Crippen molar-refractivity contribution in [2.24, 2.45) is 5.92 Å². The van der Waals surface area contributed by atoms with Crippen molar-refractivity contribution in [2.75, 3.05) is 13.1 Å². The van der Waals surface area contributed by atoms with E-state index in [1.807, 2.05) is 23.7 Å². The summed E-state index contributed by atoms with van der Waals surface area (Å²) in [6.07, 6.45) is 10.6. The first kappa shape index (κ1) is 17.2. The number of hydrogen-bond donors (Lipinski definition) is 1. The average molecular weight is 378 g/mol. The van der Waals surface area contributed by atoms with Gasteiger partial charge in [0, 0.05) is 36.4 Å². The third kappa shape index (κ3) is 3.05. The summed E-state index contributed by atoms with van der Waals surface area (Å²) < 4.78 is 0. The van der Waals surface area contributed by atoms with Crippen molar-refractivity contribution in [1.29, 1.82) is 0 Å². The zero-order chi connectivity index (χ0) is 18.1. The number of nitrogens with zero attached hydrogens (tertiary/aromatic N) is 2. The maximum atomic E-state index is 4.77. The molecule has 2 saturated heterocycles. The molecule has 6 rings (SSSR count).